The molecule has 8 heteroatoms. The molecule has 3 atom stereocenters. The summed E-state index contributed by atoms with van der Waals surface area (Å²) >= 11 is 3.31. The molecule has 0 bridgehead atoms. The molecule has 2 heterocycles. The van der Waals surface area contributed by atoms with E-state index in [1.807, 2.05) is 19.9 Å². The molecule has 0 aromatic carbocycles. The number of hydrogen-bond donors (Lipinski definition) is 2. The molecule has 6 nitrogen and oxygen atoms in total. The molecule has 3 unspecified atom stereocenters. The van der Waals surface area contributed by atoms with E-state index in [-0.39, 0.29) is 36.1 Å². The van der Waals surface area contributed by atoms with Crippen molar-refractivity contribution >= 4 is 46.0 Å². The van der Waals surface area contributed by atoms with Crippen molar-refractivity contribution in [3.8, 4) is 0 Å². The van der Waals surface area contributed by atoms with Gasteiger partial charge in [-0.3, -0.25) is 9.59 Å². The summed E-state index contributed by atoms with van der Waals surface area (Å²) < 4.78 is 0.856. The van der Waals surface area contributed by atoms with Crippen molar-refractivity contribution in [2.24, 2.45) is 17.6 Å². The molecule has 0 radical (unpaired) electrons. The van der Waals surface area contributed by atoms with Gasteiger partial charge >= 0.3 is 0 Å². The first-order valence-corrected chi connectivity index (χ1v) is 9.18. The third-order valence-electron chi connectivity index (χ3n) is 4.62. The molecule has 140 valence electrons. The van der Waals surface area contributed by atoms with Crippen LogP contribution in [0.3, 0.4) is 0 Å². The minimum absolute atomic E-state index is 0. The highest BCUT2D eigenvalue weighted by molar-refractivity contribution is 9.10. The average Bonchev–Trinajstić information content (AvgIpc) is 2.61. The molecule has 1 aromatic heterocycles. The number of rotatable bonds is 5. The van der Waals surface area contributed by atoms with Gasteiger partial charge in [0, 0.05) is 23.8 Å². The summed E-state index contributed by atoms with van der Waals surface area (Å²) in [6.07, 6.45) is 4.08. The number of aromatic nitrogens is 1. The second-order valence-electron chi connectivity index (χ2n) is 6.39. The van der Waals surface area contributed by atoms with Crippen LogP contribution in [0.4, 0.5) is 5.82 Å². The van der Waals surface area contributed by atoms with Crippen molar-refractivity contribution in [2.45, 2.75) is 39.2 Å². The Bertz CT molecular complexity index is 585. The van der Waals surface area contributed by atoms with E-state index in [0.29, 0.717) is 18.9 Å². The van der Waals surface area contributed by atoms with Gasteiger partial charge in [-0.2, -0.15) is 0 Å². The van der Waals surface area contributed by atoms with E-state index in [1.165, 1.54) is 0 Å². The van der Waals surface area contributed by atoms with Gasteiger partial charge in [0.1, 0.15) is 5.82 Å². The Hall–Kier alpha value is -1.18. The number of pyridine rings is 1. The van der Waals surface area contributed by atoms with Gasteiger partial charge in [0.2, 0.25) is 11.8 Å². The SMILES string of the molecule is CCC(C)C(N)C(=O)N1CCCC(C(=O)Nc2ccc(Br)cn2)C1.Cl. The third-order valence-corrected chi connectivity index (χ3v) is 5.09. The van der Waals surface area contributed by atoms with Crippen molar-refractivity contribution in [1.82, 2.24) is 9.88 Å². The highest BCUT2D eigenvalue weighted by Gasteiger charge is 2.32. The summed E-state index contributed by atoms with van der Waals surface area (Å²) in [5.74, 6) is 0.280. The lowest BCUT2D eigenvalue weighted by Gasteiger charge is -2.34. The number of nitrogens with two attached hydrogens (primary N) is 1. The number of amides is 2. The highest BCUT2D eigenvalue weighted by Crippen LogP contribution is 2.20. The zero-order valence-electron chi connectivity index (χ0n) is 14.6. The molecule has 1 aliphatic rings. The number of carbonyl (C=O) groups excluding carboxylic acids is 2. The van der Waals surface area contributed by atoms with Gasteiger partial charge in [0.05, 0.1) is 12.0 Å². The van der Waals surface area contributed by atoms with Crippen molar-refractivity contribution in [1.29, 1.82) is 0 Å². The Balaban J connectivity index is 0.00000312. The van der Waals surface area contributed by atoms with Gasteiger partial charge in [-0.25, -0.2) is 4.98 Å². The molecule has 1 aliphatic heterocycles. The number of anilines is 1. The molecular weight excluding hydrogens is 408 g/mol. The summed E-state index contributed by atoms with van der Waals surface area (Å²) in [6.45, 7) is 5.10. The Labute approximate surface area is 163 Å². The number of nitrogens with one attached hydrogen (secondary N) is 1. The minimum atomic E-state index is -0.495. The predicted octanol–water partition coefficient (Wildman–Crippen LogP) is 2.82. The second kappa shape index (κ2) is 10.1. The number of carbonyl (C=O) groups is 2. The molecule has 0 spiro atoms. The first-order valence-electron chi connectivity index (χ1n) is 8.39. The summed E-state index contributed by atoms with van der Waals surface area (Å²) in [5.41, 5.74) is 6.06. The van der Waals surface area contributed by atoms with Crippen LogP contribution in [0.2, 0.25) is 0 Å². The normalized spacial score (nSPS) is 19.5. The Morgan fingerprint density at radius 2 is 2.20 bits per heavy atom. The smallest absolute Gasteiger partial charge is 0.239 e. The lowest BCUT2D eigenvalue weighted by molar-refractivity contribution is -0.136. The molecule has 0 aliphatic carbocycles. The molecule has 2 amide bonds. The quantitative estimate of drug-likeness (QED) is 0.747. The van der Waals surface area contributed by atoms with Gasteiger partial charge in [-0.1, -0.05) is 20.3 Å². The fourth-order valence-electron chi connectivity index (χ4n) is 2.78. The van der Waals surface area contributed by atoms with Gasteiger partial charge in [0.15, 0.2) is 0 Å². The molecule has 2 rings (SSSR count). The van der Waals surface area contributed by atoms with Crippen LogP contribution in [0.5, 0.6) is 0 Å². The van der Waals surface area contributed by atoms with E-state index in [9.17, 15) is 9.59 Å². The Kier molecular flexibility index (Phi) is 8.82. The number of likely N-dealkylation sites (tertiary alicyclic amines) is 1. The second-order valence-corrected chi connectivity index (χ2v) is 7.30. The highest BCUT2D eigenvalue weighted by atomic mass is 79.9. The van der Waals surface area contributed by atoms with Crippen molar-refractivity contribution in [3.63, 3.8) is 0 Å². The first-order chi connectivity index (χ1) is 11.4. The van der Waals surface area contributed by atoms with Crippen LogP contribution in [0.1, 0.15) is 33.1 Å². The van der Waals surface area contributed by atoms with Crippen LogP contribution in [0.15, 0.2) is 22.8 Å². The Morgan fingerprint density at radius 1 is 1.48 bits per heavy atom. The van der Waals surface area contributed by atoms with E-state index in [2.05, 4.69) is 26.2 Å². The lowest BCUT2D eigenvalue weighted by Crippen LogP contribution is -2.51. The third kappa shape index (κ3) is 5.94. The van der Waals surface area contributed by atoms with Crippen LogP contribution in [-0.4, -0.2) is 40.8 Å². The van der Waals surface area contributed by atoms with Crippen molar-refractivity contribution in [3.05, 3.63) is 22.8 Å². The Morgan fingerprint density at radius 3 is 2.80 bits per heavy atom. The summed E-state index contributed by atoms with van der Waals surface area (Å²) in [6, 6.07) is 3.07. The summed E-state index contributed by atoms with van der Waals surface area (Å²) in [5, 5.41) is 2.82. The van der Waals surface area contributed by atoms with E-state index in [1.54, 1.807) is 17.2 Å². The van der Waals surface area contributed by atoms with Gasteiger partial charge in [-0.05, 0) is 46.8 Å². The van der Waals surface area contributed by atoms with E-state index < -0.39 is 6.04 Å². The van der Waals surface area contributed by atoms with Crippen LogP contribution in [0, 0.1) is 11.8 Å². The van der Waals surface area contributed by atoms with Gasteiger partial charge < -0.3 is 16.0 Å². The monoisotopic (exact) mass is 432 g/mol. The van der Waals surface area contributed by atoms with Crippen LogP contribution >= 0.6 is 28.3 Å². The molecule has 1 fully saturated rings. The minimum Gasteiger partial charge on any atom is -0.341 e. The maximum absolute atomic E-state index is 12.5. The van der Waals surface area contributed by atoms with Crippen LogP contribution < -0.4 is 11.1 Å². The molecule has 3 N–H and O–H groups in total. The fraction of sp³-hybridized carbons (Fsp3) is 0.588. The average molecular weight is 434 g/mol. The molecular formula is C17H26BrClN4O2. The lowest BCUT2D eigenvalue weighted by atomic mass is 9.94. The van der Waals surface area contributed by atoms with E-state index in [0.717, 1.165) is 23.7 Å². The summed E-state index contributed by atoms with van der Waals surface area (Å²) in [4.78, 5) is 30.8. The zero-order valence-corrected chi connectivity index (χ0v) is 17.0. The number of piperidine rings is 1. The molecule has 25 heavy (non-hydrogen) atoms. The van der Waals surface area contributed by atoms with Crippen molar-refractivity contribution in [2.75, 3.05) is 18.4 Å². The van der Waals surface area contributed by atoms with Crippen LogP contribution in [-0.2, 0) is 9.59 Å². The van der Waals surface area contributed by atoms with Gasteiger partial charge in [-0.15, -0.1) is 12.4 Å². The van der Waals surface area contributed by atoms with Crippen molar-refractivity contribution < 1.29 is 9.59 Å². The largest absolute Gasteiger partial charge is 0.341 e. The maximum atomic E-state index is 12.5. The summed E-state index contributed by atoms with van der Waals surface area (Å²) in [7, 11) is 0. The number of hydrogen-bond acceptors (Lipinski definition) is 4. The fourth-order valence-corrected chi connectivity index (χ4v) is 3.01. The van der Waals surface area contributed by atoms with Crippen LogP contribution in [0.25, 0.3) is 0 Å². The van der Waals surface area contributed by atoms with E-state index in [4.69, 9.17) is 5.73 Å². The predicted molar refractivity (Wildman–Crippen MR) is 105 cm³/mol. The first kappa shape index (κ1) is 21.9. The topological polar surface area (TPSA) is 88.3 Å². The maximum Gasteiger partial charge on any atom is 0.239 e. The van der Waals surface area contributed by atoms with Gasteiger partial charge in [0.25, 0.3) is 0 Å². The zero-order chi connectivity index (χ0) is 17.7. The standard InChI is InChI=1S/C17H25BrN4O2.ClH/c1-3-11(2)15(19)17(24)22-8-4-5-12(10-22)16(23)21-14-7-6-13(18)9-20-14;/h6-7,9,11-12,15H,3-5,8,10,19H2,1-2H3,(H,20,21,23);1H. The molecule has 1 aromatic rings. The molecule has 1 saturated heterocycles. The number of nitrogens with zero attached hydrogens (tertiary/aromatic N) is 2. The van der Waals surface area contributed by atoms with E-state index >= 15 is 0 Å². The number of halogens is 2. The molecule has 0 saturated carbocycles.